The molecule has 6 rings (SSSR count). The summed E-state index contributed by atoms with van der Waals surface area (Å²) in [6.45, 7) is 4.59. The van der Waals surface area contributed by atoms with Gasteiger partial charge in [-0.1, -0.05) is 79.7 Å². The number of fused-ring (bicyclic) bond motifs is 1. The summed E-state index contributed by atoms with van der Waals surface area (Å²) < 4.78 is 7.11. The lowest BCUT2D eigenvalue weighted by Gasteiger charge is -2.35. The number of hydrogen-bond donors (Lipinski definition) is 1. The zero-order chi connectivity index (χ0) is 29.8. The first-order valence-corrected chi connectivity index (χ1v) is 14.6. The first-order valence-electron chi connectivity index (χ1n) is 14.6. The summed E-state index contributed by atoms with van der Waals surface area (Å²) in [6, 6.07) is 28.9. The number of benzene rings is 3. The molecule has 1 saturated heterocycles. The first-order chi connectivity index (χ1) is 21.0. The van der Waals surface area contributed by atoms with Crippen LogP contribution in [-0.2, 0) is 19.5 Å². The molecular formula is C34H33N5O4. The quantitative estimate of drug-likeness (QED) is 0.150. The van der Waals surface area contributed by atoms with E-state index >= 15 is 0 Å². The van der Waals surface area contributed by atoms with Gasteiger partial charge in [-0.2, -0.15) is 0 Å². The SMILES string of the molecule is CCCc1nc2ccc(N3CCCN(Cc4ccccc4)C3=O)nc2n1Cc1ccc(-c2ccccc2OC(=O)O)cc1. The highest BCUT2D eigenvalue weighted by Crippen LogP contribution is 2.31. The molecule has 5 aromatic rings. The van der Waals surface area contributed by atoms with Gasteiger partial charge in [-0.15, -0.1) is 0 Å². The van der Waals surface area contributed by atoms with Crippen LogP contribution >= 0.6 is 0 Å². The molecule has 2 amide bonds. The van der Waals surface area contributed by atoms with E-state index in [-0.39, 0.29) is 6.03 Å². The molecule has 2 aromatic heterocycles. The van der Waals surface area contributed by atoms with E-state index in [1.807, 2.05) is 83.8 Å². The zero-order valence-electron chi connectivity index (χ0n) is 24.0. The summed E-state index contributed by atoms with van der Waals surface area (Å²) in [5.41, 5.74) is 5.26. The molecule has 9 heteroatoms. The number of aryl methyl sites for hydroxylation is 1. The van der Waals surface area contributed by atoms with Gasteiger partial charge in [0.15, 0.2) is 5.65 Å². The molecule has 9 nitrogen and oxygen atoms in total. The molecule has 0 unspecified atom stereocenters. The predicted molar refractivity (Wildman–Crippen MR) is 165 cm³/mol. The third-order valence-corrected chi connectivity index (χ3v) is 7.62. The van der Waals surface area contributed by atoms with E-state index in [9.17, 15) is 9.59 Å². The van der Waals surface area contributed by atoms with Gasteiger partial charge in [0.25, 0.3) is 0 Å². The Hall–Kier alpha value is -5.18. The van der Waals surface area contributed by atoms with E-state index in [1.54, 1.807) is 17.0 Å². The third kappa shape index (κ3) is 6.06. The van der Waals surface area contributed by atoms with E-state index in [1.165, 1.54) is 0 Å². The zero-order valence-corrected chi connectivity index (χ0v) is 24.0. The summed E-state index contributed by atoms with van der Waals surface area (Å²) in [5, 5.41) is 9.11. The molecule has 0 bridgehead atoms. The molecule has 3 heterocycles. The average Bonchev–Trinajstić information content (AvgIpc) is 3.35. The Balaban J connectivity index is 1.28. The number of hydrogen-bond acceptors (Lipinski definition) is 5. The first kappa shape index (κ1) is 28.0. The van der Waals surface area contributed by atoms with Gasteiger partial charge in [-0.3, -0.25) is 4.90 Å². The summed E-state index contributed by atoms with van der Waals surface area (Å²) in [7, 11) is 0. The van der Waals surface area contributed by atoms with Crippen molar-refractivity contribution in [3.63, 3.8) is 0 Å². The minimum absolute atomic E-state index is 0.0375. The van der Waals surface area contributed by atoms with Crippen LogP contribution in [-0.4, -0.2) is 49.8 Å². The number of nitrogens with zero attached hydrogens (tertiary/aromatic N) is 5. The number of anilines is 1. The highest BCUT2D eigenvalue weighted by molar-refractivity contribution is 5.92. The van der Waals surface area contributed by atoms with Crippen LogP contribution in [0.25, 0.3) is 22.3 Å². The van der Waals surface area contributed by atoms with Crippen molar-refractivity contribution in [2.24, 2.45) is 0 Å². The Morgan fingerprint density at radius 3 is 2.37 bits per heavy atom. The third-order valence-electron chi connectivity index (χ3n) is 7.62. The van der Waals surface area contributed by atoms with Gasteiger partial charge in [0.05, 0.1) is 6.54 Å². The molecular weight excluding hydrogens is 542 g/mol. The molecule has 0 radical (unpaired) electrons. The number of rotatable bonds is 9. The molecule has 1 aliphatic rings. The van der Waals surface area contributed by atoms with Gasteiger partial charge in [0.1, 0.15) is 22.9 Å². The van der Waals surface area contributed by atoms with Crippen LogP contribution in [0, 0.1) is 0 Å². The van der Waals surface area contributed by atoms with Crippen LogP contribution in [0.4, 0.5) is 15.4 Å². The maximum absolute atomic E-state index is 13.5. The highest BCUT2D eigenvalue weighted by Gasteiger charge is 2.28. The van der Waals surface area contributed by atoms with Crippen LogP contribution in [0.15, 0.2) is 91.0 Å². The Bertz CT molecular complexity index is 1750. The number of amides is 2. The predicted octanol–water partition coefficient (Wildman–Crippen LogP) is 6.99. The van der Waals surface area contributed by atoms with Crippen LogP contribution < -0.4 is 9.64 Å². The monoisotopic (exact) mass is 575 g/mol. The largest absolute Gasteiger partial charge is 0.511 e. The van der Waals surface area contributed by atoms with Crippen molar-refractivity contribution in [2.45, 2.75) is 39.3 Å². The van der Waals surface area contributed by atoms with Gasteiger partial charge >= 0.3 is 12.2 Å². The van der Waals surface area contributed by atoms with E-state index < -0.39 is 6.16 Å². The Kier molecular flexibility index (Phi) is 8.04. The van der Waals surface area contributed by atoms with Gasteiger partial charge in [-0.05, 0) is 47.7 Å². The van der Waals surface area contributed by atoms with Crippen molar-refractivity contribution < 1.29 is 19.4 Å². The number of carboxylic acid groups (broad SMARTS) is 1. The second-order valence-electron chi connectivity index (χ2n) is 10.6. The summed E-state index contributed by atoms with van der Waals surface area (Å²) in [6.07, 6.45) is 1.26. The van der Waals surface area contributed by atoms with Crippen molar-refractivity contribution in [2.75, 3.05) is 18.0 Å². The van der Waals surface area contributed by atoms with Crippen LogP contribution in [0.3, 0.4) is 0 Å². The molecule has 1 aliphatic heterocycles. The normalized spacial score (nSPS) is 13.5. The molecule has 1 N–H and O–H groups in total. The maximum atomic E-state index is 13.5. The summed E-state index contributed by atoms with van der Waals surface area (Å²) in [4.78, 5) is 38.2. The van der Waals surface area contributed by atoms with Crippen LogP contribution in [0.2, 0.25) is 0 Å². The standard InChI is InChI=1S/C34H33N5O4/c1-2-9-30-35-28-18-19-31(38-21-8-20-37(33(38)40)22-24-10-4-3-5-11-24)36-32(28)39(30)23-25-14-16-26(17-15-25)27-12-6-7-13-29(27)43-34(41)42/h3-7,10-19H,2,8-9,20-23H2,1H3,(H,41,42). The molecule has 1 fully saturated rings. The van der Waals surface area contributed by atoms with E-state index in [2.05, 4.69) is 11.5 Å². The van der Waals surface area contributed by atoms with Crippen molar-refractivity contribution >= 4 is 29.2 Å². The van der Waals surface area contributed by atoms with Crippen LogP contribution in [0.1, 0.15) is 36.7 Å². The maximum Gasteiger partial charge on any atom is 0.511 e. The van der Waals surface area contributed by atoms with Gasteiger partial charge in [0.2, 0.25) is 0 Å². The minimum Gasteiger partial charge on any atom is -0.449 e. The number of pyridine rings is 1. The van der Waals surface area contributed by atoms with Crippen molar-refractivity contribution in [1.82, 2.24) is 19.4 Å². The molecule has 43 heavy (non-hydrogen) atoms. The van der Waals surface area contributed by atoms with Crippen molar-refractivity contribution in [3.05, 3.63) is 108 Å². The minimum atomic E-state index is -1.35. The summed E-state index contributed by atoms with van der Waals surface area (Å²) >= 11 is 0. The van der Waals surface area contributed by atoms with E-state index in [4.69, 9.17) is 19.8 Å². The fourth-order valence-electron chi connectivity index (χ4n) is 5.57. The number of carbonyl (C=O) groups excluding carboxylic acids is 1. The smallest absolute Gasteiger partial charge is 0.449 e. The lowest BCUT2D eigenvalue weighted by molar-refractivity contribution is 0.144. The van der Waals surface area contributed by atoms with E-state index in [0.29, 0.717) is 43.3 Å². The lowest BCUT2D eigenvalue weighted by atomic mass is 10.0. The van der Waals surface area contributed by atoms with Gasteiger partial charge < -0.3 is 19.3 Å². The Morgan fingerprint density at radius 1 is 0.860 bits per heavy atom. The molecule has 0 saturated carbocycles. The van der Waals surface area contributed by atoms with Gasteiger partial charge in [-0.25, -0.2) is 19.6 Å². The topological polar surface area (TPSA) is 101 Å². The van der Waals surface area contributed by atoms with Crippen LogP contribution in [0.5, 0.6) is 5.75 Å². The Morgan fingerprint density at radius 2 is 1.60 bits per heavy atom. The number of para-hydroxylation sites is 1. The number of ether oxygens (including phenoxy) is 1. The number of imidazole rings is 1. The van der Waals surface area contributed by atoms with Crippen molar-refractivity contribution in [3.8, 4) is 16.9 Å². The van der Waals surface area contributed by atoms with E-state index in [0.717, 1.165) is 52.9 Å². The summed E-state index contributed by atoms with van der Waals surface area (Å²) in [5.74, 6) is 1.87. The number of aromatic nitrogens is 3. The molecule has 0 aliphatic carbocycles. The fraction of sp³-hybridized carbons (Fsp3) is 0.235. The highest BCUT2D eigenvalue weighted by atomic mass is 16.7. The fourth-order valence-corrected chi connectivity index (χ4v) is 5.57. The second kappa shape index (κ2) is 12.4. The molecule has 218 valence electrons. The average molecular weight is 576 g/mol. The second-order valence-corrected chi connectivity index (χ2v) is 10.6. The molecule has 0 atom stereocenters. The molecule has 0 spiro atoms. The lowest BCUT2D eigenvalue weighted by Crippen LogP contribution is -2.49. The van der Waals surface area contributed by atoms with Crippen molar-refractivity contribution in [1.29, 1.82) is 0 Å². The Labute approximate surface area is 250 Å². The molecule has 3 aromatic carbocycles. The van der Waals surface area contributed by atoms with Gasteiger partial charge in [0, 0.05) is 31.6 Å². The number of carbonyl (C=O) groups is 2. The number of urea groups is 1.